The first kappa shape index (κ1) is 17.2. The Labute approximate surface area is 134 Å². The molecule has 3 N–H and O–H groups in total. The highest BCUT2D eigenvalue weighted by molar-refractivity contribution is 5.39. The summed E-state index contributed by atoms with van der Waals surface area (Å²) in [6.07, 6.45) is -2.02. The monoisotopic (exact) mass is 316 g/mol. The van der Waals surface area contributed by atoms with Crippen LogP contribution in [0.25, 0.3) is 0 Å². The second-order valence-corrected chi connectivity index (χ2v) is 4.99. The predicted molar refractivity (Wildman–Crippen MR) is 85.6 cm³/mol. The van der Waals surface area contributed by atoms with Crippen molar-refractivity contribution in [1.29, 1.82) is 0 Å². The summed E-state index contributed by atoms with van der Waals surface area (Å²) >= 11 is 0. The van der Waals surface area contributed by atoms with Gasteiger partial charge in [0.05, 0.1) is 24.1 Å². The van der Waals surface area contributed by atoms with E-state index in [2.05, 4.69) is 15.0 Å². The Balaban J connectivity index is 0.000000185. The van der Waals surface area contributed by atoms with Crippen LogP contribution in [-0.4, -0.2) is 40.4 Å². The molecule has 1 aliphatic rings. The molecule has 0 radical (unpaired) electrons. The molecule has 2 aromatic rings. The largest absolute Gasteiger partial charge is 0.394 e. The van der Waals surface area contributed by atoms with Gasteiger partial charge in [0.15, 0.2) is 6.29 Å². The number of aliphatic hydroxyl groups excluding tert-OH is 3. The van der Waals surface area contributed by atoms with Gasteiger partial charge in [0.2, 0.25) is 0 Å². The number of rotatable bonds is 3. The van der Waals surface area contributed by atoms with E-state index in [0.29, 0.717) is 0 Å². The van der Waals surface area contributed by atoms with Gasteiger partial charge < -0.3 is 20.1 Å². The fourth-order valence-electron chi connectivity index (χ4n) is 1.98. The summed E-state index contributed by atoms with van der Waals surface area (Å²) in [5.41, 5.74) is 1.74. The molecule has 23 heavy (non-hydrogen) atoms. The van der Waals surface area contributed by atoms with Gasteiger partial charge in [-0.15, -0.1) is 0 Å². The molecule has 6 heteroatoms. The second kappa shape index (κ2) is 9.12. The van der Waals surface area contributed by atoms with E-state index in [0.717, 1.165) is 11.4 Å². The summed E-state index contributed by atoms with van der Waals surface area (Å²) in [6, 6.07) is 19.4. The molecule has 1 unspecified atom stereocenters. The first-order valence-corrected chi connectivity index (χ1v) is 7.33. The SMILES string of the molecule is OC[C@H]1OC(O)C[C@@H]1O.c1ccc(N=Nc2ccccc2)cc1. The fraction of sp³-hybridized carbons (Fsp3) is 0.294. The van der Waals surface area contributed by atoms with Gasteiger partial charge in [0.25, 0.3) is 0 Å². The molecule has 0 saturated carbocycles. The van der Waals surface area contributed by atoms with Crippen LogP contribution in [0.1, 0.15) is 6.42 Å². The van der Waals surface area contributed by atoms with Crippen LogP contribution in [0, 0.1) is 0 Å². The van der Waals surface area contributed by atoms with Crippen molar-refractivity contribution in [2.75, 3.05) is 6.61 Å². The number of hydrogen-bond acceptors (Lipinski definition) is 6. The lowest BCUT2D eigenvalue weighted by atomic mass is 10.2. The molecule has 3 atom stereocenters. The van der Waals surface area contributed by atoms with Crippen molar-refractivity contribution in [2.45, 2.75) is 24.9 Å². The molecule has 1 heterocycles. The van der Waals surface area contributed by atoms with Crippen molar-refractivity contribution >= 4 is 11.4 Å². The first-order valence-electron chi connectivity index (χ1n) is 7.33. The third kappa shape index (κ3) is 5.88. The molecule has 0 aromatic heterocycles. The summed E-state index contributed by atoms with van der Waals surface area (Å²) in [6.45, 7) is -0.238. The van der Waals surface area contributed by atoms with E-state index in [4.69, 9.17) is 15.3 Å². The highest BCUT2D eigenvalue weighted by atomic mass is 16.6. The summed E-state index contributed by atoms with van der Waals surface area (Å²) in [5, 5.41) is 34.3. The van der Waals surface area contributed by atoms with Crippen molar-refractivity contribution in [2.24, 2.45) is 10.2 Å². The Morgan fingerprint density at radius 1 is 0.870 bits per heavy atom. The highest BCUT2D eigenvalue weighted by Gasteiger charge is 2.31. The molecule has 6 nitrogen and oxygen atoms in total. The van der Waals surface area contributed by atoms with Gasteiger partial charge in [-0.3, -0.25) is 0 Å². The van der Waals surface area contributed by atoms with Crippen molar-refractivity contribution in [3.63, 3.8) is 0 Å². The molecule has 1 saturated heterocycles. The lowest BCUT2D eigenvalue weighted by molar-refractivity contribution is -0.107. The fourth-order valence-corrected chi connectivity index (χ4v) is 1.98. The van der Waals surface area contributed by atoms with Gasteiger partial charge in [-0.25, -0.2) is 0 Å². The minimum Gasteiger partial charge on any atom is -0.394 e. The van der Waals surface area contributed by atoms with Crippen LogP contribution in [0.5, 0.6) is 0 Å². The van der Waals surface area contributed by atoms with Crippen LogP contribution in [0.3, 0.4) is 0 Å². The number of aliphatic hydroxyl groups is 3. The predicted octanol–water partition coefficient (Wildman–Crippen LogP) is 2.55. The third-order valence-corrected chi connectivity index (χ3v) is 3.18. The topological polar surface area (TPSA) is 94.6 Å². The minimum absolute atomic E-state index is 0.200. The van der Waals surface area contributed by atoms with Crippen molar-refractivity contribution in [3.8, 4) is 0 Å². The van der Waals surface area contributed by atoms with E-state index in [9.17, 15) is 0 Å². The highest BCUT2D eigenvalue weighted by Crippen LogP contribution is 2.17. The van der Waals surface area contributed by atoms with Crippen molar-refractivity contribution < 1.29 is 20.1 Å². The zero-order valence-corrected chi connectivity index (χ0v) is 12.6. The molecule has 0 aliphatic carbocycles. The molecule has 0 bridgehead atoms. The Bertz CT molecular complexity index is 551. The van der Waals surface area contributed by atoms with Crippen LogP contribution in [0.2, 0.25) is 0 Å². The molecule has 1 fully saturated rings. The van der Waals surface area contributed by atoms with Gasteiger partial charge >= 0.3 is 0 Å². The molecular formula is C17H20N2O4. The van der Waals surface area contributed by atoms with Gasteiger partial charge in [-0.1, -0.05) is 36.4 Å². The third-order valence-electron chi connectivity index (χ3n) is 3.18. The molecular weight excluding hydrogens is 296 g/mol. The van der Waals surface area contributed by atoms with E-state index >= 15 is 0 Å². The number of nitrogens with zero attached hydrogens (tertiary/aromatic N) is 2. The number of benzene rings is 2. The summed E-state index contributed by atoms with van der Waals surface area (Å²) in [4.78, 5) is 0. The van der Waals surface area contributed by atoms with Crippen LogP contribution in [0.4, 0.5) is 11.4 Å². The molecule has 3 rings (SSSR count). The number of ether oxygens (including phenoxy) is 1. The molecule has 0 spiro atoms. The van der Waals surface area contributed by atoms with E-state index in [-0.39, 0.29) is 13.0 Å². The van der Waals surface area contributed by atoms with Crippen LogP contribution in [-0.2, 0) is 4.74 Å². The first-order chi connectivity index (χ1) is 11.2. The van der Waals surface area contributed by atoms with Crippen LogP contribution in [0.15, 0.2) is 70.9 Å². The van der Waals surface area contributed by atoms with E-state index in [1.54, 1.807) is 0 Å². The van der Waals surface area contributed by atoms with E-state index in [1.165, 1.54) is 0 Å². The number of hydrogen-bond donors (Lipinski definition) is 3. The lowest BCUT2D eigenvalue weighted by Crippen LogP contribution is -2.24. The maximum atomic E-state index is 8.91. The average molecular weight is 316 g/mol. The van der Waals surface area contributed by atoms with Crippen LogP contribution < -0.4 is 0 Å². The Morgan fingerprint density at radius 2 is 1.35 bits per heavy atom. The van der Waals surface area contributed by atoms with Gasteiger partial charge in [-0.2, -0.15) is 10.2 Å². The molecule has 2 aromatic carbocycles. The normalized spacial score (nSPS) is 23.5. The molecule has 122 valence electrons. The van der Waals surface area contributed by atoms with E-state index in [1.807, 2.05) is 60.7 Å². The summed E-state index contributed by atoms with van der Waals surface area (Å²) < 4.78 is 4.68. The standard InChI is InChI=1S/C12H10N2.C5H10O4/c1-3-7-11(8-4-1)13-14-12-9-5-2-6-10-12;6-2-4-3(7)1-5(8)9-4/h1-10H;3-8H,1-2H2/t;3-,4+,5?/m.0/s1. The maximum Gasteiger partial charge on any atom is 0.157 e. The van der Waals surface area contributed by atoms with Gasteiger partial charge in [0.1, 0.15) is 6.10 Å². The molecule has 0 amide bonds. The number of azo groups is 1. The lowest BCUT2D eigenvalue weighted by Gasteiger charge is -2.08. The Kier molecular flexibility index (Phi) is 6.83. The average Bonchev–Trinajstić information content (AvgIpc) is 2.93. The Morgan fingerprint density at radius 3 is 1.65 bits per heavy atom. The van der Waals surface area contributed by atoms with Gasteiger partial charge in [-0.05, 0) is 24.3 Å². The summed E-state index contributed by atoms with van der Waals surface area (Å²) in [7, 11) is 0. The zero-order chi connectivity index (χ0) is 16.5. The van der Waals surface area contributed by atoms with Crippen molar-refractivity contribution in [3.05, 3.63) is 60.7 Å². The quantitative estimate of drug-likeness (QED) is 0.758. The smallest absolute Gasteiger partial charge is 0.157 e. The second-order valence-electron chi connectivity index (χ2n) is 4.99. The Hall–Kier alpha value is -2.12. The van der Waals surface area contributed by atoms with Gasteiger partial charge in [0, 0.05) is 6.42 Å². The summed E-state index contributed by atoms with van der Waals surface area (Å²) in [5.74, 6) is 0. The minimum atomic E-state index is -0.905. The van der Waals surface area contributed by atoms with Crippen molar-refractivity contribution in [1.82, 2.24) is 0 Å². The maximum absolute atomic E-state index is 8.91. The van der Waals surface area contributed by atoms with Crippen LogP contribution >= 0.6 is 0 Å². The molecule has 1 aliphatic heterocycles. The zero-order valence-electron chi connectivity index (χ0n) is 12.6. The van der Waals surface area contributed by atoms with E-state index < -0.39 is 18.5 Å².